The summed E-state index contributed by atoms with van der Waals surface area (Å²) in [7, 11) is 0. The van der Waals surface area contributed by atoms with Crippen molar-refractivity contribution >= 4 is 17.4 Å². The first-order chi connectivity index (χ1) is 17.5. The van der Waals surface area contributed by atoms with Gasteiger partial charge in [-0.05, 0) is 55.5 Å². The second kappa shape index (κ2) is 11.6. The number of carbonyl (C=O) groups is 2. The summed E-state index contributed by atoms with van der Waals surface area (Å²) in [4.78, 5) is 32.9. The van der Waals surface area contributed by atoms with E-state index in [1.165, 1.54) is 37.1 Å². The Balaban J connectivity index is 1.33. The fourth-order valence-electron chi connectivity index (χ4n) is 3.91. The minimum absolute atomic E-state index is 0.188. The van der Waals surface area contributed by atoms with Crippen molar-refractivity contribution in [1.82, 2.24) is 20.6 Å². The van der Waals surface area contributed by atoms with Gasteiger partial charge in [-0.3, -0.25) is 9.59 Å². The van der Waals surface area contributed by atoms with E-state index in [-0.39, 0.29) is 11.8 Å². The monoisotopic (exact) mass is 484 g/mol. The number of amides is 2. The highest BCUT2D eigenvalue weighted by atomic mass is 16.5. The SMILES string of the molecule is CCCC/C=C(\C)c1ccccc1Oc1ccc(CNC(=O)C2(NC(=O)c3cncnc3)CC2)cc1. The number of hydrogen-bond acceptors (Lipinski definition) is 5. The maximum Gasteiger partial charge on any atom is 0.255 e. The molecule has 2 amide bonds. The number of aromatic nitrogens is 2. The van der Waals surface area contributed by atoms with Gasteiger partial charge in [0.15, 0.2) is 0 Å². The number of hydrogen-bond donors (Lipinski definition) is 2. The molecule has 7 nitrogen and oxygen atoms in total. The standard InChI is InChI=1S/C29H32N4O3/c1-3-4-5-8-21(2)25-9-6-7-10-26(25)36-24-13-11-22(12-14-24)17-32-28(35)29(15-16-29)33-27(34)23-18-30-20-31-19-23/h6-14,18-20H,3-5,15-17H2,1-2H3,(H,32,35)(H,33,34)/b21-8+. The van der Waals surface area contributed by atoms with Gasteiger partial charge in [-0.15, -0.1) is 0 Å². The molecule has 0 spiro atoms. The first kappa shape index (κ1) is 25.1. The lowest BCUT2D eigenvalue weighted by molar-refractivity contribution is -0.124. The third kappa shape index (κ3) is 6.36. The fourth-order valence-corrected chi connectivity index (χ4v) is 3.91. The summed E-state index contributed by atoms with van der Waals surface area (Å²) in [6.07, 6.45) is 11.1. The number of benzene rings is 2. The van der Waals surface area contributed by atoms with Crippen molar-refractivity contribution < 1.29 is 14.3 Å². The van der Waals surface area contributed by atoms with Gasteiger partial charge in [0.25, 0.3) is 5.91 Å². The van der Waals surface area contributed by atoms with Gasteiger partial charge in [-0.2, -0.15) is 0 Å². The molecule has 0 aliphatic heterocycles. The Hall–Kier alpha value is -4.00. The van der Waals surface area contributed by atoms with Crippen LogP contribution in [0.5, 0.6) is 11.5 Å². The van der Waals surface area contributed by atoms with Crippen molar-refractivity contribution in [3.8, 4) is 11.5 Å². The van der Waals surface area contributed by atoms with Gasteiger partial charge in [0.2, 0.25) is 5.91 Å². The summed E-state index contributed by atoms with van der Waals surface area (Å²) in [5, 5.41) is 5.77. The molecule has 186 valence electrons. The largest absolute Gasteiger partial charge is 0.457 e. The second-order valence-corrected chi connectivity index (χ2v) is 9.12. The zero-order valence-electron chi connectivity index (χ0n) is 20.8. The third-order valence-electron chi connectivity index (χ3n) is 6.28. The molecule has 0 unspecified atom stereocenters. The van der Waals surface area contributed by atoms with E-state index in [1.54, 1.807) is 0 Å². The Morgan fingerprint density at radius 1 is 1.06 bits per heavy atom. The topological polar surface area (TPSA) is 93.2 Å². The lowest BCUT2D eigenvalue weighted by Crippen LogP contribution is -2.48. The summed E-state index contributed by atoms with van der Waals surface area (Å²) in [5.74, 6) is 1.02. The van der Waals surface area contributed by atoms with Gasteiger partial charge in [-0.1, -0.05) is 56.2 Å². The van der Waals surface area contributed by atoms with Crippen LogP contribution in [-0.4, -0.2) is 27.3 Å². The minimum atomic E-state index is -0.859. The van der Waals surface area contributed by atoms with Crippen molar-refractivity contribution in [2.24, 2.45) is 0 Å². The van der Waals surface area contributed by atoms with Crippen LogP contribution in [-0.2, 0) is 11.3 Å². The Kier molecular flexibility index (Phi) is 8.10. The van der Waals surface area contributed by atoms with Crippen LogP contribution in [0.4, 0.5) is 0 Å². The van der Waals surface area contributed by atoms with Crippen LogP contribution in [0, 0.1) is 0 Å². The summed E-state index contributed by atoms with van der Waals surface area (Å²) < 4.78 is 6.18. The molecule has 2 N–H and O–H groups in total. The molecule has 36 heavy (non-hydrogen) atoms. The molecule has 1 aliphatic rings. The zero-order chi connectivity index (χ0) is 25.4. The average molecular weight is 485 g/mol. The first-order valence-electron chi connectivity index (χ1n) is 12.4. The molecular weight excluding hydrogens is 452 g/mol. The Morgan fingerprint density at radius 3 is 2.47 bits per heavy atom. The maximum absolute atomic E-state index is 12.8. The van der Waals surface area contributed by atoms with Crippen molar-refractivity contribution in [2.75, 3.05) is 0 Å². The molecule has 1 saturated carbocycles. The molecule has 0 atom stereocenters. The summed E-state index contributed by atoms with van der Waals surface area (Å²) in [6, 6.07) is 15.7. The summed E-state index contributed by atoms with van der Waals surface area (Å²) >= 11 is 0. The number of allylic oxidation sites excluding steroid dienone is 2. The first-order valence-corrected chi connectivity index (χ1v) is 12.4. The molecule has 0 radical (unpaired) electrons. The van der Waals surface area contributed by atoms with Crippen LogP contribution < -0.4 is 15.4 Å². The molecule has 1 fully saturated rings. The predicted octanol–water partition coefficient (Wildman–Crippen LogP) is 5.44. The van der Waals surface area contributed by atoms with Crippen LogP contribution in [0.25, 0.3) is 5.57 Å². The fraction of sp³-hybridized carbons (Fsp3) is 0.310. The molecule has 1 aliphatic carbocycles. The number of rotatable bonds is 11. The van der Waals surface area contributed by atoms with E-state index in [2.05, 4.69) is 46.6 Å². The molecule has 0 saturated heterocycles. The Bertz CT molecular complexity index is 1220. The van der Waals surface area contributed by atoms with Crippen LogP contribution >= 0.6 is 0 Å². The predicted molar refractivity (Wildman–Crippen MR) is 139 cm³/mol. The van der Waals surface area contributed by atoms with Crippen molar-refractivity contribution in [2.45, 2.75) is 58.0 Å². The van der Waals surface area contributed by atoms with Crippen LogP contribution in [0.3, 0.4) is 0 Å². The molecule has 2 aromatic carbocycles. The molecule has 1 heterocycles. The van der Waals surface area contributed by atoms with Crippen molar-refractivity contribution in [3.05, 3.63) is 90.0 Å². The summed E-state index contributed by atoms with van der Waals surface area (Å²) in [6.45, 7) is 4.67. The van der Waals surface area contributed by atoms with Gasteiger partial charge < -0.3 is 15.4 Å². The van der Waals surface area contributed by atoms with Gasteiger partial charge in [0.05, 0.1) is 5.56 Å². The maximum atomic E-state index is 12.8. The van der Waals surface area contributed by atoms with E-state index in [0.717, 1.165) is 29.0 Å². The van der Waals surface area contributed by atoms with E-state index in [1.807, 2.05) is 42.5 Å². The van der Waals surface area contributed by atoms with Gasteiger partial charge in [0, 0.05) is 24.5 Å². The molecular formula is C29H32N4O3. The van der Waals surface area contributed by atoms with Crippen LogP contribution in [0.15, 0.2) is 73.3 Å². The lowest BCUT2D eigenvalue weighted by Gasteiger charge is -2.17. The van der Waals surface area contributed by atoms with E-state index in [0.29, 0.717) is 24.9 Å². The smallest absolute Gasteiger partial charge is 0.255 e. The molecule has 0 bridgehead atoms. The van der Waals surface area contributed by atoms with E-state index in [9.17, 15) is 9.59 Å². The van der Waals surface area contributed by atoms with Gasteiger partial charge in [0.1, 0.15) is 23.4 Å². The number of unbranched alkanes of at least 4 members (excludes halogenated alkanes) is 2. The number of ether oxygens (including phenoxy) is 1. The lowest BCUT2D eigenvalue weighted by atomic mass is 10.0. The quantitative estimate of drug-likeness (QED) is 0.354. The van der Waals surface area contributed by atoms with E-state index in [4.69, 9.17) is 4.74 Å². The third-order valence-corrected chi connectivity index (χ3v) is 6.28. The zero-order valence-corrected chi connectivity index (χ0v) is 20.8. The number of nitrogens with zero attached hydrogens (tertiary/aromatic N) is 2. The number of nitrogens with one attached hydrogen (secondary N) is 2. The highest BCUT2D eigenvalue weighted by Crippen LogP contribution is 2.36. The minimum Gasteiger partial charge on any atom is -0.457 e. The van der Waals surface area contributed by atoms with E-state index >= 15 is 0 Å². The average Bonchev–Trinajstić information content (AvgIpc) is 3.69. The number of para-hydroxylation sites is 1. The highest BCUT2D eigenvalue weighted by molar-refractivity contribution is 6.00. The normalized spacial score (nSPS) is 14.1. The van der Waals surface area contributed by atoms with Gasteiger partial charge >= 0.3 is 0 Å². The highest BCUT2D eigenvalue weighted by Gasteiger charge is 2.51. The Morgan fingerprint density at radius 2 is 1.78 bits per heavy atom. The van der Waals surface area contributed by atoms with Crippen molar-refractivity contribution in [1.29, 1.82) is 0 Å². The molecule has 7 heteroatoms. The van der Waals surface area contributed by atoms with Crippen LogP contribution in [0.2, 0.25) is 0 Å². The number of carbonyl (C=O) groups excluding carboxylic acids is 2. The molecule has 4 rings (SSSR count). The van der Waals surface area contributed by atoms with Gasteiger partial charge in [-0.25, -0.2) is 9.97 Å². The van der Waals surface area contributed by atoms with E-state index < -0.39 is 5.54 Å². The Labute approximate surface area is 212 Å². The molecule has 1 aromatic heterocycles. The molecule has 3 aromatic rings. The summed E-state index contributed by atoms with van der Waals surface area (Å²) in [5.41, 5.74) is 2.71. The van der Waals surface area contributed by atoms with Crippen molar-refractivity contribution in [3.63, 3.8) is 0 Å². The second-order valence-electron chi connectivity index (χ2n) is 9.12. The van der Waals surface area contributed by atoms with Crippen LogP contribution in [0.1, 0.15) is 67.4 Å².